The van der Waals surface area contributed by atoms with Crippen molar-refractivity contribution in [2.75, 3.05) is 0 Å². The van der Waals surface area contributed by atoms with Gasteiger partial charge in [-0.05, 0) is 42.2 Å². The predicted molar refractivity (Wildman–Crippen MR) is 100 cm³/mol. The lowest BCUT2D eigenvalue weighted by molar-refractivity contribution is 0.0999. The number of benzene rings is 2. The molecule has 0 aliphatic heterocycles. The van der Waals surface area contributed by atoms with E-state index in [-0.39, 0.29) is 0 Å². The van der Waals surface area contributed by atoms with Crippen LogP contribution in [-0.4, -0.2) is 16.0 Å². The zero-order chi connectivity index (χ0) is 18.5. The van der Waals surface area contributed by atoms with Crippen molar-refractivity contribution in [3.8, 4) is 0 Å². The van der Waals surface area contributed by atoms with E-state index < -0.39 is 5.91 Å². The molecule has 2 N–H and O–H groups in total. The molecule has 7 heteroatoms. The summed E-state index contributed by atoms with van der Waals surface area (Å²) in [5.41, 5.74) is 7.57. The van der Waals surface area contributed by atoms with Gasteiger partial charge in [0.1, 0.15) is 0 Å². The molecule has 0 unspecified atom stereocenters. The quantitative estimate of drug-likeness (QED) is 0.655. The summed E-state index contributed by atoms with van der Waals surface area (Å²) < 4.78 is 5.24. The third-order valence-electron chi connectivity index (χ3n) is 3.90. The molecule has 0 saturated carbocycles. The van der Waals surface area contributed by atoms with Crippen LogP contribution in [0.15, 0.2) is 47.0 Å². The highest BCUT2D eigenvalue weighted by molar-refractivity contribution is 6.36. The van der Waals surface area contributed by atoms with Gasteiger partial charge in [-0.3, -0.25) is 4.79 Å². The van der Waals surface area contributed by atoms with Crippen molar-refractivity contribution in [3.63, 3.8) is 0 Å². The Morgan fingerprint density at radius 1 is 1.12 bits per heavy atom. The SMILES string of the molecule is NC(=O)c1ccccc1CC[CH]c1nc(Cc2c(Cl)cccc2Cl)no1. The molecular formula is C19H16Cl2N3O2. The van der Waals surface area contributed by atoms with Gasteiger partial charge in [-0.15, -0.1) is 0 Å². The first-order valence-corrected chi connectivity index (χ1v) is 8.76. The van der Waals surface area contributed by atoms with Gasteiger partial charge >= 0.3 is 0 Å². The van der Waals surface area contributed by atoms with Gasteiger partial charge in [0.25, 0.3) is 0 Å². The third kappa shape index (κ3) is 4.42. The molecule has 1 radical (unpaired) electrons. The fraction of sp³-hybridized carbons (Fsp3) is 0.158. The number of halogens is 2. The lowest BCUT2D eigenvalue weighted by atomic mass is 10.0. The highest BCUT2D eigenvalue weighted by atomic mass is 35.5. The summed E-state index contributed by atoms with van der Waals surface area (Å²) in [6.45, 7) is 0. The highest BCUT2D eigenvalue weighted by Crippen LogP contribution is 2.26. The van der Waals surface area contributed by atoms with Gasteiger partial charge in [0.15, 0.2) is 5.82 Å². The second-order valence-electron chi connectivity index (χ2n) is 5.69. The second kappa shape index (κ2) is 8.34. The normalized spacial score (nSPS) is 10.8. The molecular weight excluding hydrogens is 373 g/mol. The zero-order valence-electron chi connectivity index (χ0n) is 13.8. The second-order valence-corrected chi connectivity index (χ2v) is 6.50. The maximum absolute atomic E-state index is 11.4. The van der Waals surface area contributed by atoms with E-state index in [9.17, 15) is 4.79 Å². The van der Waals surface area contributed by atoms with Crippen LogP contribution in [0.25, 0.3) is 0 Å². The van der Waals surface area contributed by atoms with Crippen molar-refractivity contribution in [2.24, 2.45) is 5.73 Å². The summed E-state index contributed by atoms with van der Waals surface area (Å²) in [7, 11) is 0. The van der Waals surface area contributed by atoms with Gasteiger partial charge in [0.05, 0.1) is 6.42 Å². The van der Waals surface area contributed by atoms with Crippen molar-refractivity contribution >= 4 is 29.1 Å². The van der Waals surface area contributed by atoms with E-state index in [1.54, 1.807) is 30.3 Å². The van der Waals surface area contributed by atoms with Crippen LogP contribution in [0.5, 0.6) is 0 Å². The first kappa shape index (κ1) is 18.4. The fourth-order valence-electron chi connectivity index (χ4n) is 2.61. The van der Waals surface area contributed by atoms with Crippen LogP contribution in [0.1, 0.15) is 39.6 Å². The van der Waals surface area contributed by atoms with Gasteiger partial charge in [-0.25, -0.2) is 0 Å². The van der Waals surface area contributed by atoms with Gasteiger partial charge in [0.2, 0.25) is 11.8 Å². The molecule has 1 heterocycles. The Morgan fingerprint density at radius 2 is 1.85 bits per heavy atom. The van der Waals surface area contributed by atoms with E-state index in [4.69, 9.17) is 33.5 Å². The van der Waals surface area contributed by atoms with Gasteiger partial charge in [-0.2, -0.15) is 4.98 Å². The Kier molecular flexibility index (Phi) is 5.91. The molecule has 0 fully saturated rings. The van der Waals surface area contributed by atoms with Gasteiger partial charge in [0, 0.05) is 22.0 Å². The molecule has 3 aromatic rings. The molecule has 0 atom stereocenters. The summed E-state index contributed by atoms with van der Waals surface area (Å²) >= 11 is 12.3. The lowest BCUT2D eigenvalue weighted by Gasteiger charge is -2.04. The minimum atomic E-state index is -0.433. The van der Waals surface area contributed by atoms with Crippen LogP contribution in [0.3, 0.4) is 0 Å². The van der Waals surface area contributed by atoms with E-state index in [0.717, 1.165) is 11.1 Å². The number of carbonyl (C=O) groups is 1. The summed E-state index contributed by atoms with van der Waals surface area (Å²) in [5, 5.41) is 5.09. The van der Waals surface area contributed by atoms with E-state index in [0.29, 0.717) is 46.6 Å². The summed E-state index contributed by atoms with van der Waals surface area (Å²) in [6.07, 6.45) is 3.49. The van der Waals surface area contributed by atoms with E-state index in [1.807, 2.05) is 18.6 Å². The molecule has 1 aromatic heterocycles. The standard InChI is InChI=1S/C19H16Cl2N3O2/c20-15-8-4-9-16(21)14(15)11-17-23-18(26-24-17)10-3-6-12-5-1-2-7-13(12)19(22)25/h1-2,4-5,7-10H,3,6,11H2,(H2,22,25). The van der Waals surface area contributed by atoms with Crippen molar-refractivity contribution in [1.82, 2.24) is 10.1 Å². The van der Waals surface area contributed by atoms with Crippen LogP contribution in [-0.2, 0) is 12.8 Å². The number of rotatable bonds is 7. The monoisotopic (exact) mass is 388 g/mol. The largest absolute Gasteiger partial charge is 0.366 e. The van der Waals surface area contributed by atoms with E-state index >= 15 is 0 Å². The lowest BCUT2D eigenvalue weighted by Crippen LogP contribution is -2.13. The maximum Gasteiger partial charge on any atom is 0.248 e. The molecule has 0 saturated heterocycles. The van der Waals surface area contributed by atoms with Crippen molar-refractivity contribution in [3.05, 3.63) is 87.3 Å². The van der Waals surface area contributed by atoms with Crippen LogP contribution < -0.4 is 5.73 Å². The molecule has 2 aromatic carbocycles. The molecule has 0 bridgehead atoms. The Hall–Kier alpha value is -2.37. The van der Waals surface area contributed by atoms with E-state index in [2.05, 4.69) is 10.1 Å². The highest BCUT2D eigenvalue weighted by Gasteiger charge is 2.13. The summed E-state index contributed by atoms with van der Waals surface area (Å²) in [6, 6.07) is 12.6. The Bertz CT molecular complexity index is 904. The van der Waals surface area contributed by atoms with Crippen molar-refractivity contribution in [2.45, 2.75) is 19.3 Å². The number of hydrogen-bond acceptors (Lipinski definition) is 4. The number of aryl methyl sites for hydroxylation is 1. The van der Waals surface area contributed by atoms with Crippen LogP contribution in [0.4, 0.5) is 0 Å². The van der Waals surface area contributed by atoms with E-state index in [1.165, 1.54) is 0 Å². The zero-order valence-corrected chi connectivity index (χ0v) is 15.3. The van der Waals surface area contributed by atoms with Crippen molar-refractivity contribution < 1.29 is 9.32 Å². The topological polar surface area (TPSA) is 82.0 Å². The number of nitrogens with zero attached hydrogens (tertiary/aromatic N) is 2. The van der Waals surface area contributed by atoms with Crippen LogP contribution in [0.2, 0.25) is 10.0 Å². The smallest absolute Gasteiger partial charge is 0.248 e. The molecule has 26 heavy (non-hydrogen) atoms. The average Bonchev–Trinajstić information content (AvgIpc) is 3.06. The number of aromatic nitrogens is 2. The summed E-state index contributed by atoms with van der Waals surface area (Å²) in [5.74, 6) is 0.487. The first-order chi connectivity index (χ1) is 12.5. The molecule has 0 aliphatic carbocycles. The number of amides is 1. The predicted octanol–water partition coefficient (Wildman–Crippen LogP) is 4.25. The minimum absolute atomic E-state index is 0.389. The molecule has 0 aliphatic rings. The number of nitrogens with two attached hydrogens (primary N) is 1. The van der Waals surface area contributed by atoms with Crippen LogP contribution in [0, 0.1) is 6.42 Å². The Morgan fingerprint density at radius 3 is 2.58 bits per heavy atom. The van der Waals surface area contributed by atoms with Gasteiger partial charge < -0.3 is 10.3 Å². The first-order valence-electron chi connectivity index (χ1n) is 8.01. The fourth-order valence-corrected chi connectivity index (χ4v) is 3.14. The molecule has 133 valence electrons. The Labute approximate surface area is 161 Å². The Balaban J connectivity index is 1.60. The van der Waals surface area contributed by atoms with Gasteiger partial charge in [-0.1, -0.05) is 52.6 Å². The minimum Gasteiger partial charge on any atom is -0.366 e. The average molecular weight is 389 g/mol. The molecule has 1 amide bonds. The maximum atomic E-state index is 11.4. The summed E-state index contributed by atoms with van der Waals surface area (Å²) in [4.78, 5) is 15.8. The molecule has 3 rings (SSSR count). The number of hydrogen-bond donors (Lipinski definition) is 1. The third-order valence-corrected chi connectivity index (χ3v) is 4.60. The number of primary amides is 1. The molecule has 0 spiro atoms. The van der Waals surface area contributed by atoms with Crippen LogP contribution >= 0.6 is 23.2 Å². The van der Waals surface area contributed by atoms with Crippen molar-refractivity contribution in [1.29, 1.82) is 0 Å². The number of carbonyl (C=O) groups excluding carboxylic acids is 1. The molecule has 5 nitrogen and oxygen atoms in total.